The minimum atomic E-state index is -0.900. The van der Waals surface area contributed by atoms with Gasteiger partial charge in [-0.1, -0.05) is 69.3 Å². The normalized spacial score (nSPS) is 11.8. The van der Waals surface area contributed by atoms with Gasteiger partial charge in [-0.2, -0.15) is 0 Å². The predicted octanol–water partition coefficient (Wildman–Crippen LogP) is 4.85. The second-order valence-electron chi connectivity index (χ2n) is 6.13. The van der Waals surface area contributed by atoms with Crippen molar-refractivity contribution in [2.75, 3.05) is 0 Å². The summed E-state index contributed by atoms with van der Waals surface area (Å²) < 4.78 is 0. The number of hydrogen-bond donors (Lipinski definition) is 1. The van der Waals surface area contributed by atoms with E-state index in [0.29, 0.717) is 5.56 Å². The number of carbonyl (C=O) groups is 1. The molecule has 2 rings (SSSR count). The van der Waals surface area contributed by atoms with Crippen LogP contribution < -0.4 is 0 Å². The second kappa shape index (κ2) is 5.96. The molecule has 0 radical (unpaired) electrons. The molecule has 0 atom stereocenters. The molecule has 0 aliphatic rings. The van der Waals surface area contributed by atoms with E-state index in [4.69, 9.17) is 5.11 Å². The largest absolute Gasteiger partial charge is 0.478 e. The van der Waals surface area contributed by atoms with Crippen molar-refractivity contribution in [3.8, 4) is 0 Å². The molecule has 2 aromatic rings. The highest BCUT2D eigenvalue weighted by atomic mass is 16.4. The second-order valence-corrected chi connectivity index (χ2v) is 6.13. The van der Waals surface area contributed by atoms with Crippen molar-refractivity contribution in [2.24, 2.45) is 0 Å². The molecule has 0 aliphatic carbocycles. The molecule has 0 heterocycles. The van der Waals surface area contributed by atoms with Crippen LogP contribution in [0.4, 0.5) is 0 Å². The molecule has 0 aromatic heterocycles. The van der Waals surface area contributed by atoms with Crippen molar-refractivity contribution < 1.29 is 9.90 Å². The molecule has 2 heteroatoms. The molecule has 21 heavy (non-hydrogen) atoms. The van der Waals surface area contributed by atoms with Gasteiger partial charge in [0, 0.05) is 0 Å². The first-order valence-corrected chi connectivity index (χ1v) is 6.98. The van der Waals surface area contributed by atoms with Crippen LogP contribution in [0.3, 0.4) is 0 Å². The summed E-state index contributed by atoms with van der Waals surface area (Å²) in [7, 11) is 0. The lowest BCUT2D eigenvalue weighted by Gasteiger charge is -2.18. The predicted molar refractivity (Wildman–Crippen MR) is 87.5 cm³/mol. The Morgan fingerprint density at radius 3 is 1.67 bits per heavy atom. The van der Waals surface area contributed by atoms with Crippen LogP contribution in [0.25, 0.3) is 12.2 Å². The summed E-state index contributed by atoms with van der Waals surface area (Å²) in [4.78, 5) is 10.8. The fourth-order valence-corrected chi connectivity index (χ4v) is 2.02. The first kappa shape index (κ1) is 15.0. The molecule has 1 N–H and O–H groups in total. The maximum atomic E-state index is 10.8. The third-order valence-electron chi connectivity index (χ3n) is 3.40. The first-order chi connectivity index (χ1) is 9.86. The summed E-state index contributed by atoms with van der Waals surface area (Å²) >= 11 is 0. The highest BCUT2D eigenvalue weighted by Gasteiger charge is 2.12. The number of rotatable bonds is 3. The highest BCUT2D eigenvalue weighted by Crippen LogP contribution is 2.22. The third-order valence-corrected chi connectivity index (χ3v) is 3.40. The standard InChI is InChI=1S/C19H20O2/c1-19(2,3)17-12-8-15(9-13-17)5-4-14-6-10-16(11-7-14)18(20)21/h4-13H,1-3H3,(H,20,21). The van der Waals surface area contributed by atoms with E-state index in [1.54, 1.807) is 12.1 Å². The molecule has 0 saturated carbocycles. The fourth-order valence-electron chi connectivity index (χ4n) is 2.02. The molecule has 0 unspecified atom stereocenters. The summed E-state index contributed by atoms with van der Waals surface area (Å²) in [6.07, 6.45) is 4.01. The fraction of sp³-hybridized carbons (Fsp3) is 0.211. The van der Waals surface area contributed by atoms with Gasteiger partial charge in [0.1, 0.15) is 0 Å². The molecule has 0 saturated heterocycles. The van der Waals surface area contributed by atoms with Crippen LogP contribution in [0.5, 0.6) is 0 Å². The lowest BCUT2D eigenvalue weighted by molar-refractivity contribution is 0.0697. The summed E-state index contributed by atoms with van der Waals surface area (Å²) in [5.41, 5.74) is 3.90. The third kappa shape index (κ3) is 4.06. The van der Waals surface area contributed by atoms with Crippen molar-refractivity contribution in [3.63, 3.8) is 0 Å². The van der Waals surface area contributed by atoms with Gasteiger partial charge in [0.25, 0.3) is 0 Å². The zero-order valence-electron chi connectivity index (χ0n) is 12.6. The van der Waals surface area contributed by atoms with E-state index in [0.717, 1.165) is 11.1 Å². The van der Waals surface area contributed by atoms with Gasteiger partial charge in [0.05, 0.1) is 5.56 Å². The molecule has 0 aliphatic heterocycles. The monoisotopic (exact) mass is 280 g/mol. The molecular formula is C19H20O2. The first-order valence-electron chi connectivity index (χ1n) is 6.98. The van der Waals surface area contributed by atoms with Gasteiger partial charge in [-0.05, 0) is 34.2 Å². The Kier molecular flexibility index (Phi) is 4.27. The summed E-state index contributed by atoms with van der Waals surface area (Å²) in [5, 5.41) is 8.86. The molecule has 0 bridgehead atoms. The summed E-state index contributed by atoms with van der Waals surface area (Å²) in [5.74, 6) is -0.900. The van der Waals surface area contributed by atoms with Crippen molar-refractivity contribution in [3.05, 3.63) is 70.8 Å². The van der Waals surface area contributed by atoms with Gasteiger partial charge >= 0.3 is 5.97 Å². The lowest BCUT2D eigenvalue weighted by atomic mass is 9.87. The van der Waals surface area contributed by atoms with Crippen molar-refractivity contribution >= 4 is 18.1 Å². The van der Waals surface area contributed by atoms with Crippen LogP contribution in [0.15, 0.2) is 48.5 Å². The Balaban J connectivity index is 2.12. The Labute approximate surface area is 125 Å². The number of carboxylic acids is 1. The highest BCUT2D eigenvalue weighted by molar-refractivity contribution is 5.88. The van der Waals surface area contributed by atoms with E-state index < -0.39 is 5.97 Å². The van der Waals surface area contributed by atoms with Crippen LogP contribution in [-0.4, -0.2) is 11.1 Å². The number of carboxylic acid groups (broad SMARTS) is 1. The van der Waals surface area contributed by atoms with E-state index in [1.807, 2.05) is 24.3 Å². The van der Waals surface area contributed by atoms with E-state index in [1.165, 1.54) is 5.56 Å². The van der Waals surface area contributed by atoms with Crippen molar-refractivity contribution in [1.82, 2.24) is 0 Å². The number of benzene rings is 2. The van der Waals surface area contributed by atoms with Gasteiger partial charge < -0.3 is 5.11 Å². The van der Waals surface area contributed by atoms with Gasteiger partial charge in [-0.3, -0.25) is 0 Å². The molecular weight excluding hydrogens is 260 g/mol. The Hall–Kier alpha value is -2.35. The maximum absolute atomic E-state index is 10.8. The van der Waals surface area contributed by atoms with Crippen LogP contribution in [0.2, 0.25) is 0 Å². The zero-order chi connectivity index (χ0) is 15.5. The van der Waals surface area contributed by atoms with E-state index >= 15 is 0 Å². The summed E-state index contributed by atoms with van der Waals surface area (Å²) in [6.45, 7) is 6.59. The average Bonchev–Trinajstić information content (AvgIpc) is 2.45. The van der Waals surface area contributed by atoms with Crippen molar-refractivity contribution in [1.29, 1.82) is 0 Å². The van der Waals surface area contributed by atoms with E-state index in [9.17, 15) is 4.79 Å². The SMILES string of the molecule is CC(C)(C)c1ccc(C=Cc2ccc(C(=O)O)cc2)cc1. The van der Waals surface area contributed by atoms with Gasteiger partial charge in [-0.25, -0.2) is 4.79 Å². The minimum absolute atomic E-state index is 0.162. The average molecular weight is 280 g/mol. The molecule has 0 amide bonds. The van der Waals surface area contributed by atoms with Crippen LogP contribution >= 0.6 is 0 Å². The zero-order valence-corrected chi connectivity index (χ0v) is 12.6. The molecule has 0 fully saturated rings. The Morgan fingerprint density at radius 2 is 1.29 bits per heavy atom. The smallest absolute Gasteiger partial charge is 0.335 e. The van der Waals surface area contributed by atoms with Crippen molar-refractivity contribution in [2.45, 2.75) is 26.2 Å². The lowest BCUT2D eigenvalue weighted by Crippen LogP contribution is -2.10. The maximum Gasteiger partial charge on any atom is 0.335 e. The van der Waals surface area contributed by atoms with Gasteiger partial charge in [0.2, 0.25) is 0 Å². The van der Waals surface area contributed by atoms with E-state index in [2.05, 4.69) is 45.0 Å². The van der Waals surface area contributed by atoms with Crippen LogP contribution in [0.1, 0.15) is 47.8 Å². The molecule has 2 aromatic carbocycles. The van der Waals surface area contributed by atoms with Gasteiger partial charge in [0.15, 0.2) is 0 Å². The molecule has 0 spiro atoms. The van der Waals surface area contributed by atoms with E-state index in [-0.39, 0.29) is 5.41 Å². The number of aromatic carboxylic acids is 1. The van der Waals surface area contributed by atoms with Crippen LogP contribution in [0, 0.1) is 0 Å². The summed E-state index contributed by atoms with van der Waals surface area (Å²) in [6, 6.07) is 15.3. The molecule has 108 valence electrons. The Morgan fingerprint density at radius 1 is 0.857 bits per heavy atom. The quantitative estimate of drug-likeness (QED) is 0.816. The topological polar surface area (TPSA) is 37.3 Å². The van der Waals surface area contributed by atoms with Gasteiger partial charge in [-0.15, -0.1) is 0 Å². The number of hydrogen-bond acceptors (Lipinski definition) is 1. The molecule has 2 nitrogen and oxygen atoms in total. The van der Waals surface area contributed by atoms with Crippen LogP contribution in [-0.2, 0) is 5.41 Å². The minimum Gasteiger partial charge on any atom is -0.478 e. The Bertz CT molecular complexity index is 641.